The maximum absolute atomic E-state index is 12.0. The molecular formula is C15H20N2O7S. The van der Waals surface area contributed by atoms with Crippen molar-refractivity contribution in [3.8, 4) is 0 Å². The van der Waals surface area contributed by atoms with Gasteiger partial charge in [0.25, 0.3) is 11.6 Å². The van der Waals surface area contributed by atoms with Crippen LogP contribution in [0.2, 0.25) is 0 Å². The van der Waals surface area contributed by atoms with Crippen LogP contribution >= 0.6 is 0 Å². The van der Waals surface area contributed by atoms with Crippen molar-refractivity contribution in [3.05, 3.63) is 33.9 Å². The monoisotopic (exact) mass is 372 g/mol. The number of ether oxygens (including phenoxy) is 1. The lowest BCUT2D eigenvalue weighted by atomic mass is 10.2. The Morgan fingerprint density at radius 1 is 1.32 bits per heavy atom. The molecule has 10 heteroatoms. The first-order valence-electron chi connectivity index (χ1n) is 7.47. The number of esters is 1. The molecule has 0 aromatic heterocycles. The zero-order chi connectivity index (χ0) is 19.2. The first-order valence-corrected chi connectivity index (χ1v) is 9.36. The largest absolute Gasteiger partial charge is 0.452 e. The van der Waals surface area contributed by atoms with Gasteiger partial charge in [-0.25, -0.2) is 13.2 Å². The summed E-state index contributed by atoms with van der Waals surface area (Å²) in [5, 5.41) is 11.0. The van der Waals surface area contributed by atoms with Gasteiger partial charge < -0.3 is 9.64 Å². The molecule has 0 N–H and O–H groups in total. The van der Waals surface area contributed by atoms with Crippen LogP contribution in [0.1, 0.15) is 30.1 Å². The van der Waals surface area contributed by atoms with Crippen molar-refractivity contribution >= 4 is 27.4 Å². The summed E-state index contributed by atoms with van der Waals surface area (Å²) in [6.45, 7) is 2.01. The minimum absolute atomic E-state index is 0.205. The second-order valence-corrected chi connectivity index (χ2v) is 7.44. The molecule has 138 valence electrons. The number of carbonyl (C=O) groups is 2. The molecule has 0 unspecified atom stereocenters. The van der Waals surface area contributed by atoms with Gasteiger partial charge in [-0.2, -0.15) is 0 Å². The van der Waals surface area contributed by atoms with Gasteiger partial charge in [-0.15, -0.1) is 0 Å². The van der Waals surface area contributed by atoms with Crippen molar-refractivity contribution in [2.75, 3.05) is 26.5 Å². The summed E-state index contributed by atoms with van der Waals surface area (Å²) in [7, 11) is -2.24. The number of nitrogens with zero attached hydrogens (tertiary/aromatic N) is 2. The highest BCUT2D eigenvalue weighted by Gasteiger charge is 2.24. The van der Waals surface area contributed by atoms with Gasteiger partial charge in [-0.05, 0) is 18.6 Å². The molecule has 0 aliphatic rings. The first kappa shape index (κ1) is 20.6. The number of sulfone groups is 1. The Kier molecular flexibility index (Phi) is 7.04. The highest BCUT2D eigenvalue weighted by Crippen LogP contribution is 2.25. The van der Waals surface area contributed by atoms with Crippen LogP contribution in [0.15, 0.2) is 23.1 Å². The van der Waals surface area contributed by atoms with E-state index >= 15 is 0 Å². The molecule has 0 aliphatic carbocycles. The lowest BCUT2D eigenvalue weighted by Crippen LogP contribution is -2.32. The summed E-state index contributed by atoms with van der Waals surface area (Å²) in [6, 6.07) is 2.90. The highest BCUT2D eigenvalue weighted by atomic mass is 32.2. The summed E-state index contributed by atoms with van der Waals surface area (Å²) in [4.78, 5) is 34.8. The van der Waals surface area contributed by atoms with Gasteiger partial charge in [0, 0.05) is 25.9 Å². The van der Waals surface area contributed by atoms with Gasteiger partial charge in [0.15, 0.2) is 16.4 Å². The molecule has 1 amide bonds. The number of likely N-dealkylation sites (N-methyl/N-ethyl adjacent to an activating group) is 1. The number of unbranched alkanes of at least 4 members (excludes halogenated alkanes) is 1. The maximum atomic E-state index is 12.0. The summed E-state index contributed by atoms with van der Waals surface area (Å²) in [5.74, 6) is -1.34. The molecule has 0 atom stereocenters. The predicted molar refractivity (Wildman–Crippen MR) is 89.0 cm³/mol. The molecule has 0 saturated heterocycles. The number of hydrogen-bond donors (Lipinski definition) is 0. The van der Waals surface area contributed by atoms with Crippen LogP contribution in [-0.4, -0.2) is 56.6 Å². The first-order chi connectivity index (χ1) is 11.6. The standard InChI is InChI=1S/C15H20N2O7S/c1-4-5-8-16(2)14(18)10-24-15(19)11-6-7-13(25(3,22)23)12(9-11)17(20)21/h6-7,9H,4-5,8,10H2,1-3H3. The van der Waals surface area contributed by atoms with Crippen molar-refractivity contribution in [2.24, 2.45) is 0 Å². The molecule has 0 saturated carbocycles. The minimum atomic E-state index is -3.82. The smallest absolute Gasteiger partial charge is 0.338 e. The lowest BCUT2D eigenvalue weighted by Gasteiger charge is -2.16. The van der Waals surface area contributed by atoms with E-state index in [1.807, 2.05) is 6.92 Å². The third-order valence-corrected chi connectivity index (χ3v) is 4.53. The molecular weight excluding hydrogens is 352 g/mol. The van der Waals surface area contributed by atoms with E-state index in [1.54, 1.807) is 7.05 Å². The van der Waals surface area contributed by atoms with Gasteiger partial charge >= 0.3 is 5.97 Å². The van der Waals surface area contributed by atoms with E-state index < -0.39 is 43.8 Å². The Hall–Kier alpha value is -2.49. The number of benzene rings is 1. The van der Waals surface area contributed by atoms with E-state index in [0.29, 0.717) is 6.54 Å². The fourth-order valence-corrected chi connectivity index (χ4v) is 2.77. The van der Waals surface area contributed by atoms with Crippen LogP contribution in [0.25, 0.3) is 0 Å². The SMILES string of the molecule is CCCCN(C)C(=O)COC(=O)c1ccc(S(C)(=O)=O)c([N+](=O)[O-])c1. The zero-order valence-electron chi connectivity index (χ0n) is 14.2. The molecule has 0 fully saturated rings. The summed E-state index contributed by atoms with van der Waals surface area (Å²) < 4.78 is 27.9. The number of nitro groups is 1. The summed E-state index contributed by atoms with van der Waals surface area (Å²) >= 11 is 0. The third-order valence-electron chi connectivity index (χ3n) is 3.39. The predicted octanol–water partition coefficient (Wildman–Crippen LogP) is 1.41. The zero-order valence-corrected chi connectivity index (χ0v) is 15.0. The molecule has 0 heterocycles. The average Bonchev–Trinajstić information content (AvgIpc) is 2.55. The van der Waals surface area contributed by atoms with Crippen LogP contribution in [0.3, 0.4) is 0 Å². The van der Waals surface area contributed by atoms with Crippen molar-refractivity contribution in [1.29, 1.82) is 0 Å². The van der Waals surface area contributed by atoms with E-state index in [4.69, 9.17) is 4.74 Å². The van der Waals surface area contributed by atoms with Crippen LogP contribution < -0.4 is 0 Å². The Bertz CT molecular complexity index is 774. The second kappa shape index (κ2) is 8.56. The number of carbonyl (C=O) groups excluding carboxylic acids is 2. The third kappa shape index (κ3) is 5.82. The molecule has 0 radical (unpaired) electrons. The van der Waals surface area contributed by atoms with Crippen LogP contribution in [0.4, 0.5) is 5.69 Å². The lowest BCUT2D eigenvalue weighted by molar-refractivity contribution is -0.387. The summed E-state index contributed by atoms with van der Waals surface area (Å²) in [6.07, 6.45) is 2.56. The van der Waals surface area contributed by atoms with Gasteiger partial charge in [0.05, 0.1) is 10.5 Å². The molecule has 0 spiro atoms. The Morgan fingerprint density at radius 2 is 1.96 bits per heavy atom. The molecule has 0 aliphatic heterocycles. The van der Waals surface area contributed by atoms with Crippen LogP contribution in [-0.2, 0) is 19.4 Å². The van der Waals surface area contributed by atoms with Crippen LogP contribution in [0, 0.1) is 10.1 Å². The molecule has 0 bridgehead atoms. The van der Waals surface area contributed by atoms with Crippen molar-refractivity contribution < 1.29 is 27.7 Å². The Morgan fingerprint density at radius 3 is 2.48 bits per heavy atom. The van der Waals surface area contributed by atoms with E-state index in [1.165, 1.54) is 4.90 Å². The Labute approximate surface area is 145 Å². The average molecular weight is 372 g/mol. The maximum Gasteiger partial charge on any atom is 0.338 e. The van der Waals surface area contributed by atoms with Gasteiger partial charge in [0.2, 0.25) is 0 Å². The van der Waals surface area contributed by atoms with E-state index in [0.717, 1.165) is 37.3 Å². The molecule has 1 aromatic carbocycles. The van der Waals surface area contributed by atoms with Gasteiger partial charge in [0.1, 0.15) is 4.90 Å². The van der Waals surface area contributed by atoms with E-state index in [9.17, 15) is 28.1 Å². The van der Waals surface area contributed by atoms with Crippen molar-refractivity contribution in [2.45, 2.75) is 24.7 Å². The van der Waals surface area contributed by atoms with Crippen molar-refractivity contribution in [3.63, 3.8) is 0 Å². The fourth-order valence-electron chi connectivity index (χ4n) is 1.94. The fraction of sp³-hybridized carbons (Fsp3) is 0.467. The molecule has 1 aromatic rings. The number of rotatable bonds is 8. The topological polar surface area (TPSA) is 124 Å². The Balaban J connectivity index is 2.88. The highest BCUT2D eigenvalue weighted by molar-refractivity contribution is 7.90. The second-order valence-electron chi connectivity index (χ2n) is 5.46. The van der Waals surface area contributed by atoms with Gasteiger partial charge in [-0.1, -0.05) is 13.3 Å². The van der Waals surface area contributed by atoms with Crippen LogP contribution in [0.5, 0.6) is 0 Å². The normalized spacial score (nSPS) is 11.0. The molecule has 25 heavy (non-hydrogen) atoms. The molecule has 9 nitrogen and oxygen atoms in total. The number of amides is 1. The quantitative estimate of drug-likeness (QED) is 0.384. The number of nitro benzene ring substituents is 1. The minimum Gasteiger partial charge on any atom is -0.452 e. The van der Waals surface area contributed by atoms with E-state index in [2.05, 4.69) is 0 Å². The number of hydrogen-bond acceptors (Lipinski definition) is 7. The molecule has 1 rings (SSSR count). The summed E-state index contributed by atoms with van der Waals surface area (Å²) in [5.41, 5.74) is -0.925. The van der Waals surface area contributed by atoms with Gasteiger partial charge in [-0.3, -0.25) is 14.9 Å². The van der Waals surface area contributed by atoms with Crippen molar-refractivity contribution in [1.82, 2.24) is 4.90 Å². The van der Waals surface area contributed by atoms with E-state index in [-0.39, 0.29) is 5.56 Å².